The molecule has 1 aromatic rings. The molecule has 0 aliphatic carbocycles. The summed E-state index contributed by atoms with van der Waals surface area (Å²) in [6.07, 6.45) is 0.970. The standard InChI is InChI=1S/C14H20ClN3O/c1-9-7-14(2,3)18(8-13(19)17-16)12-5-4-10(15)6-11(9)12/h4-6,9H,7-8,16H2,1-3H3,(H,17,19)/t9-/m0/s1. The number of rotatable bonds is 2. The Morgan fingerprint density at radius 3 is 2.89 bits per heavy atom. The largest absolute Gasteiger partial charge is 0.357 e. The second kappa shape index (κ2) is 5.02. The molecule has 4 nitrogen and oxygen atoms in total. The van der Waals surface area contributed by atoms with Gasteiger partial charge in [-0.15, -0.1) is 0 Å². The first kappa shape index (κ1) is 14.2. The molecule has 104 valence electrons. The van der Waals surface area contributed by atoms with E-state index in [1.807, 2.05) is 18.2 Å². The SMILES string of the molecule is C[C@H]1CC(C)(C)N(CC(=O)NN)c2ccc(Cl)cc21. The third-order valence-electron chi connectivity index (χ3n) is 3.81. The number of fused-ring (bicyclic) bond motifs is 1. The van der Waals surface area contributed by atoms with E-state index in [0.717, 1.165) is 17.1 Å². The van der Waals surface area contributed by atoms with Crippen molar-refractivity contribution < 1.29 is 4.79 Å². The highest BCUT2D eigenvalue weighted by Gasteiger charge is 2.37. The van der Waals surface area contributed by atoms with Crippen LogP contribution in [-0.2, 0) is 4.79 Å². The first-order valence-corrected chi connectivity index (χ1v) is 6.79. The lowest BCUT2D eigenvalue weighted by Crippen LogP contribution is -2.53. The molecule has 0 spiro atoms. The molecule has 19 heavy (non-hydrogen) atoms. The number of halogens is 1. The Morgan fingerprint density at radius 2 is 2.26 bits per heavy atom. The molecular weight excluding hydrogens is 262 g/mol. The molecule has 0 radical (unpaired) electrons. The van der Waals surface area contributed by atoms with Crippen LogP contribution in [0.2, 0.25) is 5.02 Å². The van der Waals surface area contributed by atoms with Crippen molar-refractivity contribution >= 4 is 23.2 Å². The third kappa shape index (κ3) is 2.69. The van der Waals surface area contributed by atoms with Gasteiger partial charge in [0.25, 0.3) is 5.91 Å². The van der Waals surface area contributed by atoms with E-state index in [4.69, 9.17) is 17.4 Å². The minimum absolute atomic E-state index is 0.0905. The van der Waals surface area contributed by atoms with Crippen molar-refractivity contribution in [2.45, 2.75) is 38.6 Å². The average molecular weight is 282 g/mol. The minimum atomic E-state index is -0.191. The number of hydrogen-bond donors (Lipinski definition) is 2. The Labute approximate surface area is 118 Å². The van der Waals surface area contributed by atoms with Crippen molar-refractivity contribution in [3.05, 3.63) is 28.8 Å². The van der Waals surface area contributed by atoms with Crippen molar-refractivity contribution in [1.29, 1.82) is 0 Å². The highest BCUT2D eigenvalue weighted by Crippen LogP contribution is 2.43. The zero-order valence-corrected chi connectivity index (χ0v) is 12.3. The fourth-order valence-corrected chi connectivity index (χ4v) is 3.13. The van der Waals surface area contributed by atoms with Crippen LogP contribution in [-0.4, -0.2) is 18.0 Å². The Balaban J connectivity index is 2.45. The van der Waals surface area contributed by atoms with Crippen LogP contribution >= 0.6 is 11.6 Å². The van der Waals surface area contributed by atoms with Crippen LogP contribution in [0.15, 0.2) is 18.2 Å². The molecule has 1 amide bonds. The topological polar surface area (TPSA) is 58.4 Å². The number of hydrogen-bond acceptors (Lipinski definition) is 3. The van der Waals surface area contributed by atoms with Gasteiger partial charge < -0.3 is 4.90 Å². The highest BCUT2D eigenvalue weighted by molar-refractivity contribution is 6.30. The van der Waals surface area contributed by atoms with Gasteiger partial charge in [-0.1, -0.05) is 18.5 Å². The van der Waals surface area contributed by atoms with Crippen molar-refractivity contribution in [1.82, 2.24) is 5.43 Å². The molecule has 1 heterocycles. The number of nitrogens with zero attached hydrogens (tertiary/aromatic N) is 1. The van der Waals surface area contributed by atoms with Gasteiger partial charge in [0.1, 0.15) is 0 Å². The van der Waals surface area contributed by atoms with Crippen LogP contribution in [0.4, 0.5) is 5.69 Å². The smallest absolute Gasteiger partial charge is 0.253 e. The van der Waals surface area contributed by atoms with E-state index in [2.05, 4.69) is 31.1 Å². The van der Waals surface area contributed by atoms with Gasteiger partial charge in [0.2, 0.25) is 0 Å². The van der Waals surface area contributed by atoms with Gasteiger partial charge >= 0.3 is 0 Å². The van der Waals surface area contributed by atoms with E-state index in [1.54, 1.807) is 0 Å². The van der Waals surface area contributed by atoms with E-state index >= 15 is 0 Å². The molecule has 0 bridgehead atoms. The molecule has 2 rings (SSSR count). The van der Waals surface area contributed by atoms with Gasteiger partial charge in [-0.25, -0.2) is 5.84 Å². The number of benzene rings is 1. The molecule has 5 heteroatoms. The normalized spacial score (nSPS) is 20.9. The summed E-state index contributed by atoms with van der Waals surface area (Å²) >= 11 is 6.08. The third-order valence-corrected chi connectivity index (χ3v) is 4.05. The van der Waals surface area contributed by atoms with Gasteiger partial charge in [-0.05, 0) is 49.9 Å². The Kier molecular flexibility index (Phi) is 3.74. The predicted octanol–water partition coefficient (Wildman–Crippen LogP) is 2.42. The zero-order valence-electron chi connectivity index (χ0n) is 11.5. The van der Waals surface area contributed by atoms with E-state index in [1.165, 1.54) is 5.56 Å². The summed E-state index contributed by atoms with van der Waals surface area (Å²) in [5.41, 5.74) is 4.36. The molecule has 0 aromatic heterocycles. The number of carbonyl (C=O) groups is 1. The number of hydrazine groups is 1. The van der Waals surface area contributed by atoms with Gasteiger partial charge in [-0.2, -0.15) is 0 Å². The maximum Gasteiger partial charge on any atom is 0.253 e. The van der Waals surface area contributed by atoms with E-state index in [0.29, 0.717) is 5.92 Å². The first-order chi connectivity index (χ1) is 8.85. The molecule has 1 atom stereocenters. The summed E-state index contributed by atoms with van der Waals surface area (Å²) in [6.45, 7) is 6.73. The first-order valence-electron chi connectivity index (χ1n) is 6.41. The van der Waals surface area contributed by atoms with Crippen molar-refractivity contribution in [2.75, 3.05) is 11.4 Å². The lowest BCUT2D eigenvalue weighted by atomic mass is 9.80. The highest BCUT2D eigenvalue weighted by atomic mass is 35.5. The number of amides is 1. The Morgan fingerprint density at radius 1 is 1.58 bits per heavy atom. The molecule has 0 saturated carbocycles. The van der Waals surface area contributed by atoms with Gasteiger partial charge in [0.15, 0.2) is 0 Å². The molecule has 0 saturated heterocycles. The number of anilines is 1. The lowest BCUT2D eigenvalue weighted by molar-refractivity contribution is -0.120. The van der Waals surface area contributed by atoms with Crippen LogP contribution in [0, 0.1) is 0 Å². The van der Waals surface area contributed by atoms with Gasteiger partial charge in [-0.3, -0.25) is 10.2 Å². The Bertz CT molecular complexity index is 501. The van der Waals surface area contributed by atoms with Crippen LogP contribution in [0.1, 0.15) is 38.7 Å². The molecular formula is C14H20ClN3O. The van der Waals surface area contributed by atoms with E-state index in [-0.39, 0.29) is 18.0 Å². The molecule has 1 aliphatic heterocycles. The summed E-state index contributed by atoms with van der Waals surface area (Å²) in [5.74, 6) is 5.43. The quantitative estimate of drug-likeness (QED) is 0.497. The molecule has 1 aliphatic rings. The van der Waals surface area contributed by atoms with Crippen LogP contribution < -0.4 is 16.2 Å². The van der Waals surface area contributed by atoms with Crippen LogP contribution in [0.25, 0.3) is 0 Å². The van der Waals surface area contributed by atoms with Gasteiger partial charge in [0.05, 0.1) is 6.54 Å². The number of carbonyl (C=O) groups excluding carboxylic acids is 1. The summed E-state index contributed by atoms with van der Waals surface area (Å²) < 4.78 is 0. The van der Waals surface area contributed by atoms with E-state index < -0.39 is 0 Å². The van der Waals surface area contributed by atoms with Crippen LogP contribution in [0.3, 0.4) is 0 Å². The maximum absolute atomic E-state index is 11.6. The number of nitrogens with one attached hydrogen (secondary N) is 1. The zero-order chi connectivity index (χ0) is 14.2. The fraction of sp³-hybridized carbons (Fsp3) is 0.500. The second-order valence-electron chi connectivity index (χ2n) is 5.77. The monoisotopic (exact) mass is 281 g/mol. The lowest BCUT2D eigenvalue weighted by Gasteiger charge is -2.47. The summed E-state index contributed by atoms with van der Waals surface area (Å²) in [4.78, 5) is 13.7. The predicted molar refractivity (Wildman–Crippen MR) is 78.2 cm³/mol. The summed E-state index contributed by atoms with van der Waals surface area (Å²) in [6, 6.07) is 5.84. The van der Waals surface area contributed by atoms with Crippen LogP contribution in [0.5, 0.6) is 0 Å². The van der Waals surface area contributed by atoms with E-state index in [9.17, 15) is 4.79 Å². The van der Waals surface area contributed by atoms with Gasteiger partial charge in [0, 0.05) is 16.2 Å². The van der Waals surface area contributed by atoms with Crippen molar-refractivity contribution in [3.63, 3.8) is 0 Å². The van der Waals surface area contributed by atoms with Crippen molar-refractivity contribution in [3.8, 4) is 0 Å². The molecule has 1 aromatic carbocycles. The number of nitrogens with two attached hydrogens (primary N) is 1. The fourth-order valence-electron chi connectivity index (χ4n) is 2.95. The Hall–Kier alpha value is -1.26. The molecule has 0 unspecified atom stereocenters. The molecule has 0 fully saturated rings. The van der Waals surface area contributed by atoms with Crippen molar-refractivity contribution in [2.24, 2.45) is 5.84 Å². The second-order valence-corrected chi connectivity index (χ2v) is 6.21. The summed E-state index contributed by atoms with van der Waals surface area (Å²) in [5, 5.41) is 0.730. The molecule has 3 N–H and O–H groups in total. The average Bonchev–Trinajstić information content (AvgIpc) is 2.34. The minimum Gasteiger partial charge on any atom is -0.357 e. The maximum atomic E-state index is 11.6. The summed E-state index contributed by atoms with van der Waals surface area (Å²) in [7, 11) is 0.